The van der Waals surface area contributed by atoms with Crippen molar-refractivity contribution in [1.82, 2.24) is 10.3 Å². The number of carbonyl (C=O) groups is 1. The summed E-state index contributed by atoms with van der Waals surface area (Å²) in [6, 6.07) is 7.75. The third kappa shape index (κ3) is 3.34. The Hall–Kier alpha value is -1.88. The number of hydrogen-bond acceptors (Lipinski definition) is 4. The largest absolute Gasteiger partial charge is 0.486 e. The molecule has 4 aliphatic rings. The van der Waals surface area contributed by atoms with Crippen LogP contribution in [-0.4, -0.2) is 16.9 Å². The second-order valence-corrected chi connectivity index (χ2v) is 9.96. The zero-order chi connectivity index (χ0) is 19.1. The molecule has 2 aromatic rings. The van der Waals surface area contributed by atoms with Gasteiger partial charge in [0.2, 0.25) is 0 Å². The van der Waals surface area contributed by atoms with Crippen molar-refractivity contribution in [2.24, 2.45) is 23.2 Å². The van der Waals surface area contributed by atoms with Gasteiger partial charge in [0.05, 0.1) is 16.8 Å². The van der Waals surface area contributed by atoms with E-state index in [0.29, 0.717) is 23.3 Å². The molecule has 1 N–H and O–H groups in total. The molecule has 1 aromatic heterocycles. The van der Waals surface area contributed by atoms with Gasteiger partial charge in [-0.2, -0.15) is 0 Å². The van der Waals surface area contributed by atoms with Gasteiger partial charge in [-0.1, -0.05) is 12.1 Å². The fourth-order valence-electron chi connectivity index (χ4n) is 6.38. The van der Waals surface area contributed by atoms with Gasteiger partial charge < -0.3 is 10.1 Å². The first kappa shape index (κ1) is 18.2. The van der Waals surface area contributed by atoms with Crippen molar-refractivity contribution in [3.63, 3.8) is 0 Å². The summed E-state index contributed by atoms with van der Waals surface area (Å²) in [5, 5.41) is 5.32. The molecule has 148 valence electrons. The first-order valence-corrected chi connectivity index (χ1v) is 11.5. The van der Waals surface area contributed by atoms with Crippen molar-refractivity contribution in [3.8, 4) is 5.75 Å². The van der Waals surface area contributed by atoms with Crippen molar-refractivity contribution in [2.75, 3.05) is 0 Å². The summed E-state index contributed by atoms with van der Waals surface area (Å²) in [5.41, 5.74) is 3.61. The standard InChI is InChI=1S/C23H28N2O2S/c1-15(23-9-16-6-17(10-23)8-18(7-16)11-23)25-22(26)20-4-2-3-5-21(20)27-12-19-13-28-14-24-19/h2-5,13-18H,6-12H2,1H3,(H,25,26). The van der Waals surface area contributed by atoms with Gasteiger partial charge in [0, 0.05) is 11.4 Å². The minimum Gasteiger partial charge on any atom is -0.486 e. The smallest absolute Gasteiger partial charge is 0.255 e. The zero-order valence-electron chi connectivity index (χ0n) is 16.4. The van der Waals surface area contributed by atoms with Crippen molar-refractivity contribution in [3.05, 3.63) is 46.4 Å². The fraction of sp³-hybridized carbons (Fsp3) is 0.565. The van der Waals surface area contributed by atoms with Crippen LogP contribution in [0, 0.1) is 23.2 Å². The average Bonchev–Trinajstić information content (AvgIpc) is 3.19. The molecule has 4 fully saturated rings. The zero-order valence-corrected chi connectivity index (χ0v) is 17.2. The molecule has 1 amide bonds. The molecule has 5 heteroatoms. The average molecular weight is 397 g/mol. The Kier molecular flexibility index (Phi) is 4.66. The van der Waals surface area contributed by atoms with Crippen LogP contribution in [0.2, 0.25) is 0 Å². The van der Waals surface area contributed by atoms with E-state index in [4.69, 9.17) is 4.74 Å². The van der Waals surface area contributed by atoms with Crippen LogP contribution in [-0.2, 0) is 6.61 Å². The van der Waals surface area contributed by atoms with E-state index >= 15 is 0 Å². The second-order valence-electron chi connectivity index (χ2n) is 9.24. The van der Waals surface area contributed by atoms with Gasteiger partial charge in [-0.05, 0) is 80.8 Å². The fourth-order valence-corrected chi connectivity index (χ4v) is 6.92. The van der Waals surface area contributed by atoms with E-state index in [1.165, 1.54) is 38.5 Å². The summed E-state index contributed by atoms with van der Waals surface area (Å²) < 4.78 is 5.92. The van der Waals surface area contributed by atoms with Crippen molar-refractivity contribution >= 4 is 17.2 Å². The number of ether oxygens (including phenoxy) is 1. The highest BCUT2D eigenvalue weighted by atomic mass is 32.1. The summed E-state index contributed by atoms with van der Waals surface area (Å²) in [6.07, 6.45) is 8.15. The second kappa shape index (κ2) is 7.18. The molecule has 1 aromatic carbocycles. The normalized spacial score (nSPS) is 31.5. The van der Waals surface area contributed by atoms with Crippen LogP contribution >= 0.6 is 11.3 Å². The molecule has 0 aliphatic heterocycles. The summed E-state index contributed by atoms with van der Waals surface area (Å²) in [7, 11) is 0. The number of thiazole rings is 1. The van der Waals surface area contributed by atoms with Gasteiger partial charge in [-0.15, -0.1) is 11.3 Å². The number of rotatable bonds is 6. The maximum Gasteiger partial charge on any atom is 0.255 e. The van der Waals surface area contributed by atoms with Gasteiger partial charge in [-0.25, -0.2) is 4.98 Å². The number of hydrogen-bond donors (Lipinski definition) is 1. The number of para-hydroxylation sites is 1. The Bertz CT molecular complexity index is 813. The van der Waals surface area contributed by atoms with Crippen LogP contribution in [0.3, 0.4) is 0 Å². The molecular formula is C23H28N2O2S. The molecule has 4 nitrogen and oxygen atoms in total. The molecule has 0 saturated heterocycles. The highest BCUT2D eigenvalue weighted by Crippen LogP contribution is 2.61. The number of nitrogens with zero attached hydrogens (tertiary/aromatic N) is 1. The quantitative estimate of drug-likeness (QED) is 0.743. The number of benzene rings is 1. The maximum atomic E-state index is 13.1. The van der Waals surface area contributed by atoms with Crippen molar-refractivity contribution in [1.29, 1.82) is 0 Å². The Morgan fingerprint density at radius 2 is 1.89 bits per heavy atom. The van der Waals surface area contributed by atoms with Crippen LogP contribution in [0.25, 0.3) is 0 Å². The molecule has 28 heavy (non-hydrogen) atoms. The molecule has 1 unspecified atom stereocenters. The van der Waals surface area contributed by atoms with E-state index in [1.807, 2.05) is 29.6 Å². The summed E-state index contributed by atoms with van der Waals surface area (Å²) in [4.78, 5) is 17.4. The van der Waals surface area contributed by atoms with Crippen LogP contribution in [0.15, 0.2) is 35.2 Å². The number of carbonyl (C=O) groups excluding carboxylic acids is 1. The lowest BCUT2D eigenvalue weighted by atomic mass is 9.48. The lowest BCUT2D eigenvalue weighted by Crippen LogP contribution is -2.55. The number of nitrogens with one attached hydrogen (secondary N) is 1. The van der Waals surface area contributed by atoms with Gasteiger partial charge in [0.25, 0.3) is 5.91 Å². The van der Waals surface area contributed by atoms with E-state index in [-0.39, 0.29) is 11.9 Å². The monoisotopic (exact) mass is 396 g/mol. The van der Waals surface area contributed by atoms with Gasteiger partial charge in [0.15, 0.2) is 0 Å². The molecule has 4 saturated carbocycles. The maximum absolute atomic E-state index is 13.1. The third-order valence-electron chi connectivity index (χ3n) is 7.34. The molecule has 4 bridgehead atoms. The SMILES string of the molecule is CC(NC(=O)c1ccccc1OCc1cscn1)C12CC3CC(CC(C3)C1)C2. The van der Waals surface area contributed by atoms with Crippen LogP contribution in [0.5, 0.6) is 5.75 Å². The Labute approximate surface area is 170 Å². The Balaban J connectivity index is 1.29. The lowest BCUT2D eigenvalue weighted by Gasteiger charge is -2.59. The Morgan fingerprint density at radius 1 is 1.21 bits per heavy atom. The van der Waals surface area contributed by atoms with Gasteiger partial charge in [-0.3, -0.25) is 4.79 Å². The molecule has 0 radical (unpaired) electrons. The predicted octanol–water partition coefficient (Wildman–Crippen LogP) is 5.06. The molecule has 1 atom stereocenters. The molecule has 4 aliphatic carbocycles. The molecule has 6 rings (SSSR count). The highest BCUT2D eigenvalue weighted by molar-refractivity contribution is 7.07. The third-order valence-corrected chi connectivity index (χ3v) is 7.98. The number of aromatic nitrogens is 1. The predicted molar refractivity (Wildman–Crippen MR) is 110 cm³/mol. The first-order chi connectivity index (χ1) is 13.6. The van der Waals surface area contributed by atoms with E-state index in [1.54, 1.807) is 16.8 Å². The molecular weight excluding hydrogens is 368 g/mol. The van der Waals surface area contributed by atoms with Crippen LogP contribution in [0.1, 0.15) is 61.5 Å². The first-order valence-electron chi connectivity index (χ1n) is 10.5. The van der Waals surface area contributed by atoms with Crippen molar-refractivity contribution in [2.45, 2.75) is 58.1 Å². The van der Waals surface area contributed by atoms with Crippen molar-refractivity contribution < 1.29 is 9.53 Å². The summed E-state index contributed by atoms with van der Waals surface area (Å²) in [6.45, 7) is 2.61. The van der Waals surface area contributed by atoms with Gasteiger partial charge in [0.1, 0.15) is 12.4 Å². The van der Waals surface area contributed by atoms with E-state index in [0.717, 1.165) is 23.4 Å². The lowest BCUT2D eigenvalue weighted by molar-refractivity contribution is -0.0688. The molecule has 0 spiro atoms. The highest BCUT2D eigenvalue weighted by Gasteiger charge is 2.53. The van der Waals surface area contributed by atoms with Crippen LogP contribution in [0.4, 0.5) is 0 Å². The minimum absolute atomic E-state index is 0.0166. The topological polar surface area (TPSA) is 51.2 Å². The molecule has 1 heterocycles. The Morgan fingerprint density at radius 3 is 2.54 bits per heavy atom. The summed E-state index contributed by atoms with van der Waals surface area (Å²) >= 11 is 1.55. The van der Waals surface area contributed by atoms with Gasteiger partial charge >= 0.3 is 0 Å². The van der Waals surface area contributed by atoms with Crippen LogP contribution < -0.4 is 10.1 Å². The minimum atomic E-state index is -0.0166. The van der Waals surface area contributed by atoms with E-state index in [9.17, 15) is 4.79 Å². The summed E-state index contributed by atoms with van der Waals surface area (Å²) in [5.74, 6) is 3.28. The number of amides is 1. The van der Waals surface area contributed by atoms with E-state index in [2.05, 4.69) is 17.2 Å². The van der Waals surface area contributed by atoms with E-state index < -0.39 is 0 Å².